The first-order valence-corrected chi connectivity index (χ1v) is 12.6. The van der Waals surface area contributed by atoms with Crippen LogP contribution in [0, 0.1) is 11.3 Å². The number of aromatic nitrogens is 5. The van der Waals surface area contributed by atoms with Crippen molar-refractivity contribution in [3.8, 4) is 6.07 Å². The average Bonchev–Trinajstić information content (AvgIpc) is 3.25. The summed E-state index contributed by atoms with van der Waals surface area (Å²) >= 11 is 0. The molecule has 37 heavy (non-hydrogen) atoms. The molecule has 1 saturated heterocycles. The molecular weight excluding hydrogens is 470 g/mol. The maximum Gasteiger partial charge on any atom is 0.350 e. The Kier molecular flexibility index (Phi) is 7.32. The number of hydrogen-bond acceptors (Lipinski definition) is 8. The number of pyridine rings is 1. The quantitative estimate of drug-likeness (QED) is 0.499. The number of amides is 1. The molecule has 11 heteroatoms. The van der Waals surface area contributed by atoms with Crippen molar-refractivity contribution in [1.82, 2.24) is 33.9 Å². The molecule has 3 aromatic heterocycles. The molecule has 1 aliphatic heterocycles. The van der Waals surface area contributed by atoms with Crippen LogP contribution in [0.15, 0.2) is 23.1 Å². The molecule has 0 bridgehead atoms. The Balaban J connectivity index is 1.67. The third-order valence-corrected chi connectivity index (χ3v) is 7.29. The van der Waals surface area contributed by atoms with Gasteiger partial charge in [-0.1, -0.05) is 0 Å². The van der Waals surface area contributed by atoms with E-state index in [4.69, 9.17) is 4.98 Å². The molecule has 0 N–H and O–H groups in total. The van der Waals surface area contributed by atoms with Crippen LogP contribution in [0.25, 0.3) is 11.2 Å². The lowest BCUT2D eigenvalue weighted by molar-refractivity contribution is 0.0821. The van der Waals surface area contributed by atoms with E-state index in [0.29, 0.717) is 41.6 Å². The second kappa shape index (κ2) is 10.3. The van der Waals surface area contributed by atoms with Crippen molar-refractivity contribution in [2.24, 2.45) is 7.05 Å². The molecule has 0 aromatic carbocycles. The summed E-state index contributed by atoms with van der Waals surface area (Å²) in [4.78, 5) is 44.9. The van der Waals surface area contributed by atoms with Crippen LogP contribution in [0.1, 0.15) is 55.6 Å². The molecule has 1 fully saturated rings. The number of fused-ring (bicyclic) bond motifs is 1. The van der Waals surface area contributed by atoms with Crippen molar-refractivity contribution in [3.05, 3.63) is 45.9 Å². The van der Waals surface area contributed by atoms with Gasteiger partial charge < -0.3 is 14.4 Å². The highest BCUT2D eigenvalue weighted by molar-refractivity contribution is 5.92. The summed E-state index contributed by atoms with van der Waals surface area (Å²) in [5, 5.41) is 9.30. The Labute approximate surface area is 217 Å². The molecule has 0 radical (unpaired) electrons. The Morgan fingerprint density at radius 3 is 2.62 bits per heavy atom. The first-order valence-electron chi connectivity index (χ1n) is 12.6. The van der Waals surface area contributed by atoms with Gasteiger partial charge in [0.2, 0.25) is 0 Å². The SMILES string of the molecule is CCn1c(CC#N)nc2c(N3C[C@@H](C)N(C(C)c4ccnc(C(=O)N(C)C)c4)C[C@@H]3C)nc(=O)n(C)c21. The summed E-state index contributed by atoms with van der Waals surface area (Å²) in [6, 6.07) is 6.27. The monoisotopic (exact) mass is 505 g/mol. The molecule has 1 amide bonds. The number of hydrogen-bond donors (Lipinski definition) is 0. The van der Waals surface area contributed by atoms with Gasteiger partial charge in [0.25, 0.3) is 5.91 Å². The Bertz CT molecular complexity index is 1420. The van der Waals surface area contributed by atoms with E-state index in [2.05, 4.69) is 46.6 Å². The number of anilines is 1. The Hall–Kier alpha value is -3.78. The van der Waals surface area contributed by atoms with E-state index in [1.807, 2.05) is 23.6 Å². The fourth-order valence-corrected chi connectivity index (χ4v) is 5.26. The predicted octanol–water partition coefficient (Wildman–Crippen LogP) is 1.97. The molecule has 1 aliphatic rings. The second-order valence-electron chi connectivity index (χ2n) is 9.95. The molecule has 1 unspecified atom stereocenters. The molecule has 3 atom stereocenters. The van der Waals surface area contributed by atoms with Crippen molar-refractivity contribution < 1.29 is 4.79 Å². The van der Waals surface area contributed by atoms with Gasteiger partial charge in [0.1, 0.15) is 22.7 Å². The molecule has 196 valence electrons. The van der Waals surface area contributed by atoms with Crippen molar-refractivity contribution in [2.75, 3.05) is 32.1 Å². The van der Waals surface area contributed by atoms with Crippen LogP contribution in [0.3, 0.4) is 0 Å². The van der Waals surface area contributed by atoms with Gasteiger partial charge in [-0.05, 0) is 45.4 Å². The number of rotatable bonds is 6. The van der Waals surface area contributed by atoms with Gasteiger partial charge in [-0.2, -0.15) is 10.2 Å². The maximum atomic E-state index is 12.9. The van der Waals surface area contributed by atoms with E-state index in [1.54, 1.807) is 27.3 Å². The van der Waals surface area contributed by atoms with E-state index in [-0.39, 0.29) is 36.1 Å². The van der Waals surface area contributed by atoms with Crippen molar-refractivity contribution in [3.63, 3.8) is 0 Å². The zero-order chi connectivity index (χ0) is 27.0. The number of nitrogens with zero attached hydrogens (tertiary/aromatic N) is 9. The average molecular weight is 506 g/mol. The van der Waals surface area contributed by atoms with Gasteiger partial charge in [0.15, 0.2) is 5.82 Å². The van der Waals surface area contributed by atoms with E-state index < -0.39 is 0 Å². The highest BCUT2D eigenvalue weighted by Gasteiger charge is 2.35. The topological polar surface area (TPSA) is 116 Å². The van der Waals surface area contributed by atoms with Crippen molar-refractivity contribution >= 4 is 22.9 Å². The zero-order valence-corrected chi connectivity index (χ0v) is 22.6. The standard InChI is InChI=1S/C26H35N9O2/c1-8-33-21(9-11-27)29-22-23(30-26(37)32(7)24(22)33)35-15-16(2)34(14-17(35)3)18(4)19-10-12-28-20(13-19)25(36)31(5)6/h10,12-13,16-18H,8-9,14-15H2,1-7H3/t16-,17+,18?/m1/s1. The molecular formula is C26H35N9O2. The molecule has 0 spiro atoms. The molecule has 0 saturated carbocycles. The van der Waals surface area contributed by atoms with Crippen LogP contribution in [0.5, 0.6) is 0 Å². The molecule has 4 rings (SSSR count). The third kappa shape index (κ3) is 4.69. The predicted molar refractivity (Wildman–Crippen MR) is 141 cm³/mol. The molecule has 3 aromatic rings. The number of imidazole rings is 1. The van der Waals surface area contributed by atoms with Crippen molar-refractivity contribution in [2.45, 2.75) is 58.8 Å². The number of carbonyl (C=O) groups excluding carboxylic acids is 1. The summed E-state index contributed by atoms with van der Waals surface area (Å²) in [5.74, 6) is 1.08. The molecule has 4 heterocycles. The molecule has 0 aliphatic carbocycles. The highest BCUT2D eigenvalue weighted by atomic mass is 16.2. The van der Waals surface area contributed by atoms with Crippen LogP contribution < -0.4 is 10.6 Å². The smallest absolute Gasteiger partial charge is 0.349 e. The third-order valence-electron chi connectivity index (χ3n) is 7.29. The van der Waals surface area contributed by atoms with E-state index in [0.717, 1.165) is 12.1 Å². The van der Waals surface area contributed by atoms with Crippen LogP contribution in [0.2, 0.25) is 0 Å². The number of nitriles is 1. The fourth-order valence-electron chi connectivity index (χ4n) is 5.26. The fraction of sp³-hybridized carbons (Fsp3) is 0.538. The van der Waals surface area contributed by atoms with Crippen LogP contribution in [-0.4, -0.2) is 79.1 Å². The summed E-state index contributed by atoms with van der Waals surface area (Å²) in [5.41, 5.74) is 2.46. The first kappa shape index (κ1) is 26.3. The van der Waals surface area contributed by atoms with Crippen LogP contribution in [0.4, 0.5) is 5.82 Å². The van der Waals surface area contributed by atoms with Crippen LogP contribution in [-0.2, 0) is 20.0 Å². The minimum absolute atomic E-state index is 0.0531. The molecule has 11 nitrogen and oxygen atoms in total. The number of carbonyl (C=O) groups is 1. The minimum atomic E-state index is -0.342. The van der Waals surface area contributed by atoms with Gasteiger partial charge in [-0.25, -0.2) is 9.78 Å². The van der Waals surface area contributed by atoms with E-state index >= 15 is 0 Å². The van der Waals surface area contributed by atoms with Gasteiger partial charge in [-0.15, -0.1) is 0 Å². The summed E-state index contributed by atoms with van der Waals surface area (Å²) in [6.45, 7) is 10.4. The van der Waals surface area contributed by atoms with Crippen LogP contribution >= 0.6 is 0 Å². The summed E-state index contributed by atoms with van der Waals surface area (Å²) < 4.78 is 3.44. The van der Waals surface area contributed by atoms with Crippen molar-refractivity contribution in [1.29, 1.82) is 5.26 Å². The second-order valence-corrected chi connectivity index (χ2v) is 9.95. The van der Waals surface area contributed by atoms with Gasteiger partial charge in [0, 0.05) is 65.1 Å². The lowest BCUT2D eigenvalue weighted by Gasteiger charge is -2.47. The van der Waals surface area contributed by atoms with E-state index in [9.17, 15) is 14.9 Å². The number of aryl methyl sites for hydroxylation is 2. The summed E-state index contributed by atoms with van der Waals surface area (Å²) in [6.07, 6.45) is 1.85. The highest BCUT2D eigenvalue weighted by Crippen LogP contribution is 2.32. The zero-order valence-electron chi connectivity index (χ0n) is 22.6. The van der Waals surface area contributed by atoms with Gasteiger partial charge in [-0.3, -0.25) is 19.2 Å². The first-order chi connectivity index (χ1) is 17.6. The lowest BCUT2D eigenvalue weighted by Crippen LogP contribution is -2.57. The largest absolute Gasteiger partial charge is 0.350 e. The normalized spacial score (nSPS) is 19.1. The maximum absolute atomic E-state index is 12.9. The van der Waals surface area contributed by atoms with Gasteiger partial charge >= 0.3 is 5.69 Å². The Morgan fingerprint density at radius 1 is 1.24 bits per heavy atom. The lowest BCUT2D eigenvalue weighted by atomic mass is 10.0. The Morgan fingerprint density at radius 2 is 1.97 bits per heavy atom. The summed E-state index contributed by atoms with van der Waals surface area (Å²) in [7, 11) is 5.14. The number of piperazine rings is 1. The minimum Gasteiger partial charge on any atom is -0.349 e. The van der Waals surface area contributed by atoms with E-state index in [1.165, 1.54) is 9.47 Å². The van der Waals surface area contributed by atoms with Gasteiger partial charge in [0.05, 0.1) is 12.5 Å².